The summed E-state index contributed by atoms with van der Waals surface area (Å²) >= 11 is 0. The summed E-state index contributed by atoms with van der Waals surface area (Å²) < 4.78 is 12.1. The Morgan fingerprint density at radius 2 is 0.925 bits per heavy atom. The monoisotopic (exact) mass is 530 g/mol. The molecule has 0 atom stereocenters. The second-order valence-corrected chi connectivity index (χ2v) is 10.4. The quantitative estimate of drug-likeness (QED) is 0.418. The number of aryl methyl sites for hydroxylation is 2. The summed E-state index contributed by atoms with van der Waals surface area (Å²) in [6.45, 7) is 4.62. The molecule has 0 amide bonds. The summed E-state index contributed by atoms with van der Waals surface area (Å²) in [5.41, 5.74) is 8.37. The first-order valence-electron chi connectivity index (χ1n) is 13.8. The molecule has 0 radical (unpaired) electrons. The van der Waals surface area contributed by atoms with Crippen LogP contribution in [0.4, 0.5) is 0 Å². The zero-order valence-corrected chi connectivity index (χ0v) is 22.3. The van der Waals surface area contributed by atoms with Crippen LogP contribution < -0.4 is 9.47 Å². The molecule has 0 saturated heterocycles. The molecule has 0 spiro atoms. The van der Waals surface area contributed by atoms with Gasteiger partial charge < -0.3 is 9.47 Å². The number of ether oxygens (including phenoxy) is 2. The Morgan fingerprint density at radius 3 is 1.32 bits per heavy atom. The average molecular weight is 531 g/mol. The van der Waals surface area contributed by atoms with Crippen LogP contribution in [-0.2, 0) is 25.7 Å². The van der Waals surface area contributed by atoms with Crippen molar-refractivity contribution in [3.63, 3.8) is 0 Å². The fourth-order valence-electron chi connectivity index (χ4n) is 6.76. The van der Waals surface area contributed by atoms with Crippen LogP contribution in [0.15, 0.2) is 48.6 Å². The van der Waals surface area contributed by atoms with Crippen molar-refractivity contribution in [2.24, 2.45) is 0 Å². The summed E-state index contributed by atoms with van der Waals surface area (Å²) in [5, 5.41) is 0. The van der Waals surface area contributed by atoms with Crippen molar-refractivity contribution in [3.8, 4) is 33.8 Å². The van der Waals surface area contributed by atoms with Crippen LogP contribution >= 0.6 is 0 Å². The number of fused-ring (bicyclic) bond motifs is 11. The maximum atomic E-state index is 13.5. The number of benzene rings is 3. The molecule has 40 heavy (non-hydrogen) atoms. The molecule has 0 N–H and O–H groups in total. The van der Waals surface area contributed by atoms with E-state index in [-0.39, 0.29) is 23.1 Å². The van der Waals surface area contributed by atoms with E-state index in [0.717, 1.165) is 33.4 Å². The van der Waals surface area contributed by atoms with Crippen LogP contribution in [0.5, 0.6) is 11.5 Å². The molecular weight excluding hydrogens is 504 g/mol. The number of carbonyl (C=O) groups is 4. The lowest BCUT2D eigenvalue weighted by Gasteiger charge is -2.33. The van der Waals surface area contributed by atoms with Crippen LogP contribution in [0, 0.1) is 0 Å². The van der Waals surface area contributed by atoms with Gasteiger partial charge in [-0.25, -0.2) is 0 Å². The first-order chi connectivity index (χ1) is 19.4. The highest BCUT2D eigenvalue weighted by molar-refractivity contribution is 6.27. The number of rotatable bonds is 4. The molecule has 7 rings (SSSR count). The van der Waals surface area contributed by atoms with Crippen LogP contribution in [-0.4, -0.2) is 36.3 Å². The summed E-state index contributed by atoms with van der Waals surface area (Å²) in [5.74, 6) is 0.275. The predicted molar refractivity (Wildman–Crippen MR) is 150 cm³/mol. The number of hydrogen-bond acceptors (Lipinski definition) is 6. The van der Waals surface area contributed by atoms with Gasteiger partial charge in [-0.15, -0.1) is 0 Å². The van der Waals surface area contributed by atoms with Gasteiger partial charge in [0, 0.05) is 44.5 Å². The number of hydrogen-bond donors (Lipinski definition) is 0. The van der Waals surface area contributed by atoms with E-state index in [1.54, 1.807) is 12.1 Å². The highest BCUT2D eigenvalue weighted by Gasteiger charge is 2.37. The van der Waals surface area contributed by atoms with Crippen LogP contribution in [0.25, 0.3) is 22.3 Å². The smallest absolute Gasteiger partial charge is 0.187 e. The Kier molecular flexibility index (Phi) is 5.49. The molecule has 0 aromatic heterocycles. The van der Waals surface area contributed by atoms with Crippen LogP contribution in [0.2, 0.25) is 0 Å². The molecule has 0 bridgehead atoms. The van der Waals surface area contributed by atoms with Crippen molar-refractivity contribution < 1.29 is 28.7 Å². The van der Waals surface area contributed by atoms with Crippen molar-refractivity contribution in [2.45, 2.75) is 39.5 Å². The van der Waals surface area contributed by atoms with Gasteiger partial charge in [0.25, 0.3) is 0 Å². The van der Waals surface area contributed by atoms with Crippen LogP contribution in [0.1, 0.15) is 77.5 Å². The van der Waals surface area contributed by atoms with Crippen molar-refractivity contribution in [3.05, 3.63) is 93.1 Å². The van der Waals surface area contributed by atoms with Gasteiger partial charge in [0.2, 0.25) is 0 Å². The minimum absolute atomic E-state index is 0.227. The van der Waals surface area contributed by atoms with E-state index in [4.69, 9.17) is 9.47 Å². The van der Waals surface area contributed by atoms with Crippen molar-refractivity contribution in [1.82, 2.24) is 0 Å². The van der Waals surface area contributed by atoms with E-state index in [1.165, 1.54) is 24.3 Å². The largest absolute Gasteiger partial charge is 0.494 e. The Morgan fingerprint density at radius 1 is 0.525 bits per heavy atom. The van der Waals surface area contributed by atoms with Gasteiger partial charge >= 0.3 is 0 Å². The van der Waals surface area contributed by atoms with Gasteiger partial charge in [-0.3, -0.25) is 19.2 Å². The SMILES string of the molecule is CCOc1cc2c(c3c1CCc1ccc4c(c1-3)-c1c(c(OCC)cc3c1C(=O)C=CC3=O)CC4)C(=O)C=CC2=O. The van der Waals surface area contributed by atoms with Crippen LogP contribution in [0.3, 0.4) is 0 Å². The van der Waals surface area contributed by atoms with E-state index in [9.17, 15) is 19.2 Å². The van der Waals surface area contributed by atoms with Crippen molar-refractivity contribution >= 4 is 23.1 Å². The maximum Gasteiger partial charge on any atom is 0.187 e. The molecule has 0 saturated carbocycles. The molecule has 198 valence electrons. The molecular formula is C34H26O6. The lowest BCUT2D eigenvalue weighted by molar-refractivity contribution is 0.0994. The number of allylic oxidation sites excluding steroid dienone is 4. The van der Waals surface area contributed by atoms with Gasteiger partial charge in [-0.05, 0) is 98.2 Å². The third-order valence-electron chi connectivity index (χ3n) is 8.35. The van der Waals surface area contributed by atoms with Gasteiger partial charge in [-0.1, -0.05) is 12.1 Å². The summed E-state index contributed by atoms with van der Waals surface area (Å²) in [7, 11) is 0. The minimum atomic E-state index is -0.238. The normalized spacial score (nSPS) is 16.1. The van der Waals surface area contributed by atoms with E-state index in [2.05, 4.69) is 12.1 Å². The Balaban J connectivity index is 1.64. The number of ketones is 4. The topological polar surface area (TPSA) is 86.7 Å². The molecule has 0 heterocycles. The molecule has 0 aliphatic heterocycles. The van der Waals surface area contributed by atoms with Gasteiger partial charge in [-0.2, -0.15) is 0 Å². The Bertz CT molecular complexity index is 1650. The predicted octanol–water partition coefficient (Wildman–Crippen LogP) is 5.89. The average Bonchev–Trinajstić information content (AvgIpc) is 2.96. The van der Waals surface area contributed by atoms with E-state index >= 15 is 0 Å². The molecule has 6 nitrogen and oxygen atoms in total. The second-order valence-electron chi connectivity index (χ2n) is 10.4. The van der Waals surface area contributed by atoms with Crippen molar-refractivity contribution in [2.75, 3.05) is 13.2 Å². The fourth-order valence-corrected chi connectivity index (χ4v) is 6.76. The molecule has 4 aliphatic carbocycles. The molecule has 6 heteroatoms. The van der Waals surface area contributed by atoms with Gasteiger partial charge in [0.1, 0.15) is 11.5 Å². The van der Waals surface area contributed by atoms with Gasteiger partial charge in [0.15, 0.2) is 23.1 Å². The molecule has 3 aromatic rings. The molecule has 0 unspecified atom stereocenters. The Hall–Kier alpha value is -4.58. The summed E-state index contributed by atoms with van der Waals surface area (Å²) in [6, 6.07) is 7.60. The minimum Gasteiger partial charge on any atom is -0.494 e. The first-order valence-corrected chi connectivity index (χ1v) is 13.8. The fraction of sp³-hybridized carbons (Fsp3) is 0.235. The standard InChI is InChI=1S/C34H26O6/c1-3-39-27-15-21-23(35)11-13-25(37)31(21)33-19(27)9-7-17-5-6-18-8-10-20-28(40-4-2)16-22-24(36)12-14-26(38)32(22)34(20)30(18)29(17)33/h5-6,11-16H,3-4,7-10H2,1-2H3. The zero-order valence-electron chi connectivity index (χ0n) is 22.3. The second kappa shape index (κ2) is 8.98. The molecule has 4 aliphatic rings. The van der Waals surface area contributed by atoms with E-state index in [1.807, 2.05) is 13.8 Å². The van der Waals surface area contributed by atoms with E-state index in [0.29, 0.717) is 83.8 Å². The lowest BCUT2D eigenvalue weighted by Crippen LogP contribution is -2.22. The summed E-state index contributed by atoms with van der Waals surface area (Å²) in [4.78, 5) is 53.0. The van der Waals surface area contributed by atoms with Gasteiger partial charge in [0.05, 0.1) is 13.2 Å². The van der Waals surface area contributed by atoms with E-state index < -0.39 is 0 Å². The third-order valence-corrected chi connectivity index (χ3v) is 8.35. The maximum absolute atomic E-state index is 13.5. The highest BCUT2D eigenvalue weighted by Crippen LogP contribution is 2.53. The molecule has 0 fully saturated rings. The zero-order chi connectivity index (χ0) is 27.7. The summed E-state index contributed by atoms with van der Waals surface area (Å²) in [6.07, 6.45) is 8.03. The highest BCUT2D eigenvalue weighted by atomic mass is 16.5. The van der Waals surface area contributed by atoms with Crippen molar-refractivity contribution in [1.29, 1.82) is 0 Å². The third kappa shape index (κ3) is 3.35. The number of carbonyl (C=O) groups excluding carboxylic acids is 4. The Labute approximate surface area is 231 Å². The molecule has 3 aromatic carbocycles. The first kappa shape index (κ1) is 24.5. The lowest BCUT2D eigenvalue weighted by atomic mass is 9.70.